The Morgan fingerprint density at radius 2 is 1.73 bits per heavy atom. The Hall–Kier alpha value is -2.58. The molecule has 3 aromatic rings. The van der Waals surface area contributed by atoms with Crippen LogP contribution < -0.4 is 10.5 Å². The largest absolute Gasteiger partial charge is 0.489 e. The first-order chi connectivity index (χ1) is 10.9. The van der Waals surface area contributed by atoms with Gasteiger partial charge in [0.05, 0.1) is 0 Å². The van der Waals surface area contributed by atoms with Crippen LogP contribution in [0, 0.1) is 0 Å². The van der Waals surface area contributed by atoms with Gasteiger partial charge in [-0.2, -0.15) is 0 Å². The molecule has 2 nitrogen and oxygen atoms in total. The first-order valence-corrected chi connectivity index (χ1v) is 7.51. The molecule has 0 fully saturated rings. The zero-order valence-corrected chi connectivity index (χ0v) is 12.3. The van der Waals surface area contributed by atoms with Gasteiger partial charge >= 0.3 is 0 Å². The molecule has 0 unspecified atom stereocenters. The number of nitrogens with two attached hydrogens (primary N) is 1. The van der Waals surface area contributed by atoms with Gasteiger partial charge in [-0.05, 0) is 39.6 Å². The van der Waals surface area contributed by atoms with Crippen molar-refractivity contribution in [3.63, 3.8) is 0 Å². The van der Waals surface area contributed by atoms with Crippen molar-refractivity contribution in [1.82, 2.24) is 0 Å². The Balaban J connectivity index is 1.92. The van der Waals surface area contributed by atoms with Gasteiger partial charge in [0.1, 0.15) is 12.4 Å². The molecular weight excluding hydrogens is 270 g/mol. The Kier molecular flexibility index (Phi) is 3.17. The predicted molar refractivity (Wildman–Crippen MR) is 90.9 cm³/mol. The summed E-state index contributed by atoms with van der Waals surface area (Å²) in [5.74, 6) is 0.958. The molecule has 108 valence electrons. The molecule has 0 saturated heterocycles. The van der Waals surface area contributed by atoms with Crippen LogP contribution in [0.4, 0.5) is 0 Å². The summed E-state index contributed by atoms with van der Waals surface area (Å²) in [4.78, 5) is 0. The van der Waals surface area contributed by atoms with Crippen LogP contribution in [0.15, 0.2) is 66.7 Å². The molecule has 0 radical (unpaired) electrons. The van der Waals surface area contributed by atoms with Crippen molar-refractivity contribution < 1.29 is 4.74 Å². The van der Waals surface area contributed by atoms with Crippen molar-refractivity contribution >= 4 is 16.3 Å². The zero-order valence-electron chi connectivity index (χ0n) is 12.3. The fraction of sp³-hybridized carbons (Fsp3) is 0.100. The second-order valence-corrected chi connectivity index (χ2v) is 5.49. The van der Waals surface area contributed by atoms with Gasteiger partial charge in [0.25, 0.3) is 0 Å². The van der Waals surface area contributed by atoms with E-state index in [9.17, 15) is 0 Å². The first-order valence-electron chi connectivity index (χ1n) is 7.51. The lowest BCUT2D eigenvalue weighted by molar-refractivity contribution is 0.358. The van der Waals surface area contributed by atoms with Gasteiger partial charge in [-0.1, -0.05) is 54.6 Å². The second-order valence-electron chi connectivity index (χ2n) is 5.49. The van der Waals surface area contributed by atoms with Gasteiger partial charge in [0.15, 0.2) is 0 Å². The number of fused-ring (bicyclic) bond motifs is 3. The van der Waals surface area contributed by atoms with E-state index in [-0.39, 0.29) is 0 Å². The van der Waals surface area contributed by atoms with Crippen LogP contribution in [0.3, 0.4) is 0 Å². The second kappa shape index (κ2) is 5.32. The first kappa shape index (κ1) is 13.1. The molecule has 0 saturated carbocycles. The van der Waals surface area contributed by atoms with E-state index >= 15 is 0 Å². The SMILES string of the molecule is NCc1ccc(C2=CCOc3ccc4ccccc4c32)cc1. The normalized spacial score (nSPS) is 13.4. The summed E-state index contributed by atoms with van der Waals surface area (Å²) in [6.07, 6.45) is 2.16. The van der Waals surface area contributed by atoms with Gasteiger partial charge in [0, 0.05) is 12.1 Å². The smallest absolute Gasteiger partial charge is 0.128 e. The average molecular weight is 287 g/mol. The molecule has 22 heavy (non-hydrogen) atoms. The molecule has 1 aliphatic heterocycles. The highest BCUT2D eigenvalue weighted by Gasteiger charge is 2.18. The van der Waals surface area contributed by atoms with E-state index in [1.54, 1.807) is 0 Å². The van der Waals surface area contributed by atoms with Crippen LogP contribution in [-0.2, 0) is 6.54 Å². The molecule has 0 aliphatic carbocycles. The number of rotatable bonds is 2. The van der Waals surface area contributed by atoms with E-state index < -0.39 is 0 Å². The standard InChI is InChI=1S/C20H17NO/c21-13-14-5-7-16(8-6-14)18-11-12-22-19-10-9-15-3-1-2-4-17(15)20(18)19/h1-11H,12-13,21H2. The highest BCUT2D eigenvalue weighted by atomic mass is 16.5. The average Bonchev–Trinajstić information content (AvgIpc) is 2.61. The van der Waals surface area contributed by atoms with Crippen LogP contribution in [0.25, 0.3) is 16.3 Å². The monoisotopic (exact) mass is 287 g/mol. The van der Waals surface area contributed by atoms with Gasteiger partial charge in [-0.25, -0.2) is 0 Å². The third-order valence-electron chi connectivity index (χ3n) is 4.19. The summed E-state index contributed by atoms with van der Waals surface area (Å²) in [6.45, 7) is 1.18. The van der Waals surface area contributed by atoms with Gasteiger partial charge < -0.3 is 10.5 Å². The lowest BCUT2D eigenvalue weighted by Gasteiger charge is -2.21. The molecule has 0 amide bonds. The number of ether oxygens (including phenoxy) is 1. The third-order valence-corrected chi connectivity index (χ3v) is 4.19. The molecule has 2 N–H and O–H groups in total. The number of hydrogen-bond acceptors (Lipinski definition) is 2. The third kappa shape index (κ3) is 2.09. The van der Waals surface area contributed by atoms with Crippen molar-refractivity contribution in [2.75, 3.05) is 6.61 Å². The minimum atomic E-state index is 0.571. The van der Waals surface area contributed by atoms with Crippen LogP contribution in [0.5, 0.6) is 5.75 Å². The van der Waals surface area contributed by atoms with Crippen LogP contribution in [-0.4, -0.2) is 6.61 Å². The van der Waals surface area contributed by atoms with Crippen molar-refractivity contribution in [2.45, 2.75) is 6.54 Å². The molecular formula is C20H17NO. The zero-order chi connectivity index (χ0) is 14.9. The highest BCUT2D eigenvalue weighted by molar-refractivity contribution is 6.00. The van der Waals surface area contributed by atoms with Gasteiger partial charge in [0.2, 0.25) is 0 Å². The van der Waals surface area contributed by atoms with E-state index in [2.05, 4.69) is 66.7 Å². The molecule has 0 spiro atoms. The maximum atomic E-state index is 5.83. The maximum Gasteiger partial charge on any atom is 0.128 e. The van der Waals surface area contributed by atoms with E-state index in [0.717, 1.165) is 11.3 Å². The molecule has 1 aliphatic rings. The summed E-state index contributed by atoms with van der Waals surface area (Å²) in [6, 6.07) is 21.1. The highest BCUT2D eigenvalue weighted by Crippen LogP contribution is 2.39. The summed E-state index contributed by atoms with van der Waals surface area (Å²) in [7, 11) is 0. The molecule has 0 aromatic heterocycles. The molecule has 4 rings (SSSR count). The fourth-order valence-electron chi connectivity index (χ4n) is 3.05. The Bertz CT molecular complexity index is 863. The van der Waals surface area contributed by atoms with E-state index in [0.29, 0.717) is 13.2 Å². The Morgan fingerprint density at radius 1 is 0.909 bits per heavy atom. The molecule has 0 atom stereocenters. The molecule has 2 heteroatoms. The summed E-state index contributed by atoms with van der Waals surface area (Å²) < 4.78 is 5.83. The van der Waals surface area contributed by atoms with E-state index in [1.165, 1.54) is 27.5 Å². The summed E-state index contributed by atoms with van der Waals surface area (Å²) in [5.41, 5.74) is 10.5. The Labute approximate surface area is 129 Å². The van der Waals surface area contributed by atoms with Crippen LogP contribution in [0.1, 0.15) is 16.7 Å². The van der Waals surface area contributed by atoms with Gasteiger partial charge in [-0.3, -0.25) is 0 Å². The van der Waals surface area contributed by atoms with Crippen LogP contribution >= 0.6 is 0 Å². The van der Waals surface area contributed by atoms with E-state index in [1.807, 2.05) is 0 Å². The van der Waals surface area contributed by atoms with Crippen LogP contribution in [0.2, 0.25) is 0 Å². The van der Waals surface area contributed by atoms with E-state index in [4.69, 9.17) is 10.5 Å². The van der Waals surface area contributed by atoms with Crippen molar-refractivity contribution in [3.05, 3.63) is 83.4 Å². The number of benzene rings is 3. The van der Waals surface area contributed by atoms with Crippen molar-refractivity contribution in [3.8, 4) is 5.75 Å². The summed E-state index contributed by atoms with van der Waals surface area (Å²) in [5, 5.41) is 2.46. The topological polar surface area (TPSA) is 35.2 Å². The minimum absolute atomic E-state index is 0.571. The minimum Gasteiger partial charge on any atom is -0.489 e. The van der Waals surface area contributed by atoms with Crippen molar-refractivity contribution in [2.24, 2.45) is 5.73 Å². The summed E-state index contributed by atoms with van der Waals surface area (Å²) >= 11 is 0. The molecule has 3 aromatic carbocycles. The lowest BCUT2D eigenvalue weighted by atomic mass is 9.90. The quantitative estimate of drug-likeness (QED) is 0.769. The van der Waals surface area contributed by atoms with Crippen molar-refractivity contribution in [1.29, 1.82) is 0 Å². The predicted octanol–water partition coefficient (Wildman–Crippen LogP) is 4.12. The maximum absolute atomic E-state index is 5.83. The number of hydrogen-bond donors (Lipinski definition) is 1. The fourth-order valence-corrected chi connectivity index (χ4v) is 3.05. The Morgan fingerprint density at radius 3 is 2.55 bits per heavy atom. The van der Waals surface area contributed by atoms with Gasteiger partial charge in [-0.15, -0.1) is 0 Å². The lowest BCUT2D eigenvalue weighted by Crippen LogP contribution is -2.06. The molecule has 1 heterocycles. The molecule has 0 bridgehead atoms.